The summed E-state index contributed by atoms with van der Waals surface area (Å²) < 4.78 is 16.5. The topological polar surface area (TPSA) is 67.2 Å². The van der Waals surface area contributed by atoms with Gasteiger partial charge in [-0.05, 0) is 18.9 Å². The third kappa shape index (κ3) is 4.49. The predicted molar refractivity (Wildman–Crippen MR) is 122 cm³/mol. The Kier molecular flexibility index (Phi) is 6.48. The van der Waals surface area contributed by atoms with E-state index >= 15 is 0 Å². The zero-order valence-electron chi connectivity index (χ0n) is 18.8. The zero-order valence-corrected chi connectivity index (χ0v) is 18.8. The number of halogens is 1. The molecule has 168 valence electrons. The van der Waals surface area contributed by atoms with Crippen molar-refractivity contribution in [3.8, 4) is 11.1 Å². The van der Waals surface area contributed by atoms with Crippen LogP contribution in [0, 0.1) is 5.82 Å². The molecule has 1 atom stereocenters. The van der Waals surface area contributed by atoms with Gasteiger partial charge in [0.1, 0.15) is 18.2 Å². The van der Waals surface area contributed by atoms with Crippen molar-refractivity contribution in [2.24, 2.45) is 0 Å². The molecule has 0 spiro atoms. The summed E-state index contributed by atoms with van der Waals surface area (Å²) in [7, 11) is 3.77. The number of aryl methyl sites for hydroxylation is 1. The van der Waals surface area contributed by atoms with Crippen molar-refractivity contribution in [3.63, 3.8) is 0 Å². The van der Waals surface area contributed by atoms with Gasteiger partial charge in [-0.1, -0.05) is 25.1 Å². The average molecular weight is 437 g/mol. The van der Waals surface area contributed by atoms with Crippen LogP contribution in [0.1, 0.15) is 37.2 Å². The molecule has 7 nitrogen and oxygen atoms in total. The maximum absolute atomic E-state index is 14.6. The first-order chi connectivity index (χ1) is 15.5. The second-order valence-corrected chi connectivity index (χ2v) is 8.35. The van der Waals surface area contributed by atoms with Gasteiger partial charge >= 0.3 is 0 Å². The molecular formula is C24H29FN6O. The van der Waals surface area contributed by atoms with Crippen LogP contribution in [0.4, 0.5) is 10.3 Å². The predicted octanol–water partition coefficient (Wildman–Crippen LogP) is 3.51. The van der Waals surface area contributed by atoms with Crippen LogP contribution in [0.25, 0.3) is 11.1 Å². The summed E-state index contributed by atoms with van der Waals surface area (Å²) >= 11 is 0. The van der Waals surface area contributed by atoms with Crippen LogP contribution in [0.2, 0.25) is 0 Å². The van der Waals surface area contributed by atoms with E-state index in [1.54, 1.807) is 24.5 Å². The number of hydrogen-bond donors (Lipinski definition) is 0. The van der Waals surface area contributed by atoms with E-state index in [4.69, 9.17) is 4.98 Å². The summed E-state index contributed by atoms with van der Waals surface area (Å²) in [6.07, 6.45) is 7.83. The molecule has 1 saturated heterocycles. The molecule has 0 N–H and O–H groups in total. The Bertz CT molecular complexity index is 1100. The van der Waals surface area contributed by atoms with E-state index in [1.807, 2.05) is 47.6 Å². The maximum Gasteiger partial charge on any atom is 0.242 e. The van der Waals surface area contributed by atoms with Crippen LogP contribution in [0.3, 0.4) is 0 Å². The largest absolute Gasteiger partial charge is 0.347 e. The summed E-state index contributed by atoms with van der Waals surface area (Å²) in [6, 6.07) is 6.69. The van der Waals surface area contributed by atoms with Crippen molar-refractivity contribution in [2.75, 3.05) is 32.1 Å². The fraction of sp³-hybridized carbons (Fsp3) is 0.417. The van der Waals surface area contributed by atoms with E-state index < -0.39 is 0 Å². The number of nitrogens with zero attached hydrogens (tertiary/aromatic N) is 6. The second kappa shape index (κ2) is 9.46. The molecule has 2 aromatic heterocycles. The van der Waals surface area contributed by atoms with Gasteiger partial charge in [-0.2, -0.15) is 0 Å². The third-order valence-electron chi connectivity index (χ3n) is 5.95. The van der Waals surface area contributed by atoms with Crippen LogP contribution in [-0.4, -0.2) is 57.5 Å². The van der Waals surface area contributed by atoms with Crippen molar-refractivity contribution >= 4 is 11.9 Å². The van der Waals surface area contributed by atoms with E-state index in [1.165, 1.54) is 6.07 Å². The van der Waals surface area contributed by atoms with E-state index in [0.29, 0.717) is 30.2 Å². The number of amides is 1. The molecule has 0 saturated carbocycles. The van der Waals surface area contributed by atoms with Crippen molar-refractivity contribution in [1.29, 1.82) is 0 Å². The fourth-order valence-electron chi connectivity index (χ4n) is 4.27. The number of carbonyl (C=O) groups is 1. The van der Waals surface area contributed by atoms with E-state index in [-0.39, 0.29) is 24.2 Å². The molecular weight excluding hydrogens is 407 g/mol. The molecule has 1 aliphatic heterocycles. The molecule has 1 fully saturated rings. The van der Waals surface area contributed by atoms with Gasteiger partial charge in [0.2, 0.25) is 11.9 Å². The number of hydrogen-bond acceptors (Lipinski definition) is 5. The molecule has 1 aromatic carbocycles. The normalized spacial score (nSPS) is 16.2. The van der Waals surface area contributed by atoms with Crippen LogP contribution < -0.4 is 4.90 Å². The van der Waals surface area contributed by atoms with Gasteiger partial charge in [0.15, 0.2) is 0 Å². The van der Waals surface area contributed by atoms with Crippen molar-refractivity contribution in [3.05, 3.63) is 60.2 Å². The summed E-state index contributed by atoms with van der Waals surface area (Å²) in [5, 5.41) is 0. The van der Waals surface area contributed by atoms with Crippen LogP contribution in [0.15, 0.2) is 42.9 Å². The highest BCUT2D eigenvalue weighted by atomic mass is 19.1. The van der Waals surface area contributed by atoms with Gasteiger partial charge in [-0.15, -0.1) is 0 Å². The Labute approximate surface area is 187 Å². The van der Waals surface area contributed by atoms with Gasteiger partial charge in [0.25, 0.3) is 0 Å². The highest BCUT2D eigenvalue weighted by Crippen LogP contribution is 2.35. The Morgan fingerprint density at radius 3 is 2.78 bits per heavy atom. The minimum absolute atomic E-state index is 0.0115. The number of imidazole rings is 1. The first-order valence-electron chi connectivity index (χ1n) is 11.0. The molecule has 0 unspecified atom stereocenters. The SMILES string of the molecule is CCc1nccn1CC(=O)N1CCC[C@@H](c2nc(N(C)C)ncc2-c2ccccc2F)C1. The zero-order chi connectivity index (χ0) is 22.7. The summed E-state index contributed by atoms with van der Waals surface area (Å²) in [5.74, 6) is 1.26. The van der Waals surface area contributed by atoms with Crippen molar-refractivity contribution in [2.45, 2.75) is 38.6 Å². The molecule has 4 rings (SSSR count). The van der Waals surface area contributed by atoms with Crippen LogP contribution in [-0.2, 0) is 17.8 Å². The number of carbonyl (C=O) groups excluding carboxylic acids is 1. The average Bonchev–Trinajstić information content (AvgIpc) is 3.26. The lowest BCUT2D eigenvalue weighted by Crippen LogP contribution is -2.41. The lowest BCUT2D eigenvalue weighted by Gasteiger charge is -2.33. The van der Waals surface area contributed by atoms with Crippen molar-refractivity contribution < 1.29 is 9.18 Å². The lowest BCUT2D eigenvalue weighted by atomic mass is 9.89. The standard InChI is InChI=1S/C24H29FN6O/c1-4-21-26-11-13-30(21)16-22(32)31-12-7-8-17(15-31)23-19(14-27-24(28-23)29(2)3)18-9-5-6-10-20(18)25/h5-6,9-11,13-14,17H,4,7-8,12,15-16H2,1-3H3/t17-/m1/s1. The van der Waals surface area contributed by atoms with E-state index in [2.05, 4.69) is 9.97 Å². The fourth-order valence-corrected chi connectivity index (χ4v) is 4.27. The first-order valence-corrected chi connectivity index (χ1v) is 11.0. The summed E-state index contributed by atoms with van der Waals surface area (Å²) in [4.78, 5) is 30.4. The second-order valence-electron chi connectivity index (χ2n) is 8.35. The Balaban J connectivity index is 1.63. The first kappa shape index (κ1) is 21.9. The lowest BCUT2D eigenvalue weighted by molar-refractivity contribution is -0.133. The molecule has 0 bridgehead atoms. The monoisotopic (exact) mass is 436 g/mol. The molecule has 32 heavy (non-hydrogen) atoms. The van der Waals surface area contributed by atoms with E-state index in [9.17, 15) is 9.18 Å². The molecule has 1 amide bonds. The van der Waals surface area contributed by atoms with Crippen molar-refractivity contribution in [1.82, 2.24) is 24.4 Å². The van der Waals surface area contributed by atoms with Gasteiger partial charge in [-0.3, -0.25) is 4.79 Å². The molecule has 3 aromatic rings. The Morgan fingerprint density at radius 1 is 1.22 bits per heavy atom. The number of aromatic nitrogens is 4. The minimum Gasteiger partial charge on any atom is -0.347 e. The summed E-state index contributed by atoms with van der Waals surface area (Å²) in [5.41, 5.74) is 1.97. The smallest absolute Gasteiger partial charge is 0.242 e. The molecule has 8 heteroatoms. The van der Waals surface area contributed by atoms with Crippen LogP contribution in [0.5, 0.6) is 0 Å². The summed E-state index contributed by atoms with van der Waals surface area (Å²) in [6.45, 7) is 3.58. The highest BCUT2D eigenvalue weighted by Gasteiger charge is 2.29. The number of rotatable bonds is 6. The number of anilines is 1. The molecule has 0 radical (unpaired) electrons. The van der Waals surface area contributed by atoms with Gasteiger partial charge in [0, 0.05) is 69.2 Å². The van der Waals surface area contributed by atoms with E-state index in [0.717, 1.165) is 30.8 Å². The number of likely N-dealkylation sites (tertiary alicyclic amines) is 1. The molecule has 1 aliphatic rings. The van der Waals surface area contributed by atoms with Gasteiger partial charge in [-0.25, -0.2) is 19.3 Å². The Morgan fingerprint density at radius 2 is 2.03 bits per heavy atom. The third-order valence-corrected chi connectivity index (χ3v) is 5.95. The minimum atomic E-state index is -0.300. The number of benzene rings is 1. The highest BCUT2D eigenvalue weighted by molar-refractivity contribution is 5.76. The maximum atomic E-state index is 14.6. The quantitative estimate of drug-likeness (QED) is 0.592. The Hall–Kier alpha value is -3.29. The number of piperidine rings is 1. The van der Waals surface area contributed by atoms with Gasteiger partial charge < -0.3 is 14.4 Å². The molecule has 3 heterocycles. The van der Waals surface area contributed by atoms with Crippen LogP contribution >= 0.6 is 0 Å². The van der Waals surface area contributed by atoms with Gasteiger partial charge in [0.05, 0.1) is 5.69 Å². The molecule has 0 aliphatic carbocycles.